The number of aromatic nitrogens is 1. The SMILES string of the molecule is Cc1nc(CCNS(=O)(=O)c2cccc(Cl)c2)cs1. The van der Waals surface area contributed by atoms with E-state index in [1.807, 2.05) is 12.3 Å². The molecule has 0 aliphatic rings. The predicted octanol–water partition coefficient (Wildman–Crippen LogP) is 2.63. The van der Waals surface area contributed by atoms with Crippen LogP contribution >= 0.6 is 22.9 Å². The van der Waals surface area contributed by atoms with Crippen LogP contribution < -0.4 is 4.72 Å². The summed E-state index contributed by atoms with van der Waals surface area (Å²) in [6, 6.07) is 6.19. The summed E-state index contributed by atoms with van der Waals surface area (Å²) in [6.07, 6.45) is 0.574. The Kier molecular flexibility index (Phi) is 4.57. The van der Waals surface area contributed by atoms with Crippen molar-refractivity contribution in [3.8, 4) is 0 Å². The molecule has 0 aliphatic heterocycles. The normalized spacial score (nSPS) is 11.7. The zero-order valence-electron chi connectivity index (χ0n) is 10.3. The van der Waals surface area contributed by atoms with Crippen LogP contribution in [-0.2, 0) is 16.4 Å². The lowest BCUT2D eigenvalue weighted by atomic mass is 10.3. The van der Waals surface area contributed by atoms with Gasteiger partial charge in [-0.25, -0.2) is 18.1 Å². The highest BCUT2D eigenvalue weighted by Crippen LogP contribution is 2.15. The Balaban J connectivity index is 1.98. The van der Waals surface area contributed by atoms with Crippen LogP contribution in [0.4, 0.5) is 0 Å². The van der Waals surface area contributed by atoms with Gasteiger partial charge in [0.05, 0.1) is 15.6 Å². The molecule has 1 aromatic carbocycles. The van der Waals surface area contributed by atoms with Crippen molar-refractivity contribution in [3.63, 3.8) is 0 Å². The van der Waals surface area contributed by atoms with Gasteiger partial charge in [0.25, 0.3) is 0 Å². The van der Waals surface area contributed by atoms with Gasteiger partial charge in [0.1, 0.15) is 0 Å². The van der Waals surface area contributed by atoms with Crippen molar-refractivity contribution in [3.05, 3.63) is 45.4 Å². The Hall–Kier alpha value is -0.950. The summed E-state index contributed by atoms with van der Waals surface area (Å²) >= 11 is 7.34. The first-order valence-corrected chi connectivity index (χ1v) is 8.38. The lowest BCUT2D eigenvalue weighted by molar-refractivity contribution is 0.581. The molecule has 0 saturated carbocycles. The molecule has 7 heteroatoms. The average molecular weight is 317 g/mol. The van der Waals surface area contributed by atoms with E-state index in [0.29, 0.717) is 18.0 Å². The number of thiazole rings is 1. The van der Waals surface area contributed by atoms with E-state index in [2.05, 4.69) is 9.71 Å². The van der Waals surface area contributed by atoms with Crippen LogP contribution in [0.1, 0.15) is 10.7 Å². The number of hydrogen-bond acceptors (Lipinski definition) is 4. The molecule has 0 atom stereocenters. The van der Waals surface area contributed by atoms with Crippen molar-refractivity contribution in [2.24, 2.45) is 0 Å². The summed E-state index contributed by atoms with van der Waals surface area (Å²) in [4.78, 5) is 4.46. The highest BCUT2D eigenvalue weighted by molar-refractivity contribution is 7.89. The van der Waals surface area contributed by atoms with Crippen LogP contribution in [0, 0.1) is 6.92 Å². The van der Waals surface area contributed by atoms with Crippen LogP contribution in [0.25, 0.3) is 0 Å². The van der Waals surface area contributed by atoms with E-state index in [-0.39, 0.29) is 4.90 Å². The molecule has 0 bridgehead atoms. The fraction of sp³-hybridized carbons (Fsp3) is 0.250. The minimum atomic E-state index is -3.50. The number of nitrogens with zero attached hydrogens (tertiary/aromatic N) is 1. The molecule has 2 rings (SSSR count). The van der Waals surface area contributed by atoms with E-state index < -0.39 is 10.0 Å². The lowest BCUT2D eigenvalue weighted by Crippen LogP contribution is -2.26. The smallest absolute Gasteiger partial charge is 0.240 e. The number of rotatable bonds is 5. The Morgan fingerprint density at radius 1 is 1.42 bits per heavy atom. The molecule has 4 nitrogen and oxygen atoms in total. The van der Waals surface area contributed by atoms with Crippen LogP contribution in [0.15, 0.2) is 34.5 Å². The Morgan fingerprint density at radius 2 is 2.21 bits per heavy atom. The zero-order valence-corrected chi connectivity index (χ0v) is 12.6. The molecule has 2 aromatic rings. The van der Waals surface area contributed by atoms with Gasteiger partial charge in [-0.2, -0.15) is 0 Å². The quantitative estimate of drug-likeness (QED) is 0.922. The summed E-state index contributed by atoms with van der Waals surface area (Å²) in [5.41, 5.74) is 0.899. The topological polar surface area (TPSA) is 59.1 Å². The van der Waals surface area contributed by atoms with E-state index in [0.717, 1.165) is 10.7 Å². The van der Waals surface area contributed by atoms with Crippen LogP contribution in [0.3, 0.4) is 0 Å². The number of halogens is 1. The number of sulfonamides is 1. The van der Waals surface area contributed by atoms with E-state index in [1.165, 1.54) is 12.1 Å². The molecular weight excluding hydrogens is 304 g/mol. The largest absolute Gasteiger partial charge is 0.247 e. The molecule has 1 N–H and O–H groups in total. The van der Waals surface area contributed by atoms with Crippen molar-refractivity contribution in [2.45, 2.75) is 18.2 Å². The van der Waals surface area contributed by atoms with Gasteiger partial charge in [0.15, 0.2) is 0 Å². The van der Waals surface area contributed by atoms with Crippen molar-refractivity contribution in [1.82, 2.24) is 9.71 Å². The van der Waals surface area contributed by atoms with Gasteiger partial charge in [-0.05, 0) is 25.1 Å². The Morgan fingerprint density at radius 3 is 2.84 bits per heavy atom. The maximum absolute atomic E-state index is 12.0. The Bertz CT molecular complexity index is 668. The van der Waals surface area contributed by atoms with Gasteiger partial charge in [-0.3, -0.25) is 0 Å². The molecule has 0 spiro atoms. The molecule has 0 aliphatic carbocycles. The maximum atomic E-state index is 12.0. The standard InChI is InChI=1S/C12H13ClN2O2S2/c1-9-15-11(8-18-9)5-6-14-19(16,17)12-4-2-3-10(13)7-12/h2-4,7-8,14H,5-6H2,1H3. The first-order valence-electron chi connectivity index (χ1n) is 5.63. The average Bonchev–Trinajstić information content (AvgIpc) is 2.75. The molecule has 0 radical (unpaired) electrons. The van der Waals surface area contributed by atoms with Gasteiger partial charge in [-0.1, -0.05) is 17.7 Å². The fourth-order valence-electron chi connectivity index (χ4n) is 1.55. The Labute approximate surface area is 121 Å². The molecule has 0 saturated heterocycles. The van der Waals surface area contributed by atoms with Gasteiger partial charge in [0.2, 0.25) is 10.0 Å². The van der Waals surface area contributed by atoms with Crippen LogP contribution in [0.5, 0.6) is 0 Å². The summed E-state index contributed by atoms with van der Waals surface area (Å²) in [5, 5.41) is 3.31. The number of nitrogens with one attached hydrogen (secondary N) is 1. The third-order valence-electron chi connectivity index (χ3n) is 2.45. The van der Waals surface area contributed by atoms with E-state index >= 15 is 0 Å². The van der Waals surface area contributed by atoms with Crippen molar-refractivity contribution in [2.75, 3.05) is 6.54 Å². The van der Waals surface area contributed by atoms with Gasteiger partial charge < -0.3 is 0 Å². The summed E-state index contributed by atoms with van der Waals surface area (Å²) < 4.78 is 26.5. The van der Waals surface area contributed by atoms with Crippen molar-refractivity contribution < 1.29 is 8.42 Å². The van der Waals surface area contributed by atoms with E-state index in [1.54, 1.807) is 23.5 Å². The van der Waals surface area contributed by atoms with Crippen molar-refractivity contribution >= 4 is 33.0 Å². The molecule has 0 fully saturated rings. The maximum Gasteiger partial charge on any atom is 0.240 e. The number of hydrogen-bond donors (Lipinski definition) is 1. The van der Waals surface area contributed by atoms with Gasteiger partial charge >= 0.3 is 0 Å². The summed E-state index contributed by atoms with van der Waals surface area (Å²) in [5.74, 6) is 0. The summed E-state index contributed by atoms with van der Waals surface area (Å²) in [7, 11) is -3.50. The van der Waals surface area contributed by atoms with E-state index in [4.69, 9.17) is 11.6 Å². The van der Waals surface area contributed by atoms with E-state index in [9.17, 15) is 8.42 Å². The fourth-order valence-corrected chi connectivity index (χ4v) is 3.53. The molecular formula is C12H13ClN2O2S2. The minimum absolute atomic E-state index is 0.175. The first-order chi connectivity index (χ1) is 8.97. The number of benzene rings is 1. The molecule has 0 amide bonds. The first kappa shape index (κ1) is 14.5. The zero-order chi connectivity index (χ0) is 13.9. The minimum Gasteiger partial charge on any atom is -0.247 e. The highest BCUT2D eigenvalue weighted by Gasteiger charge is 2.13. The van der Waals surface area contributed by atoms with Crippen LogP contribution in [-0.4, -0.2) is 19.9 Å². The lowest BCUT2D eigenvalue weighted by Gasteiger charge is -2.06. The molecule has 102 valence electrons. The highest BCUT2D eigenvalue weighted by atomic mass is 35.5. The number of aryl methyl sites for hydroxylation is 1. The third-order valence-corrected chi connectivity index (χ3v) is 4.96. The predicted molar refractivity (Wildman–Crippen MR) is 77.2 cm³/mol. The second-order valence-electron chi connectivity index (χ2n) is 3.96. The molecule has 1 aromatic heterocycles. The second kappa shape index (κ2) is 6.00. The van der Waals surface area contributed by atoms with Crippen LogP contribution in [0.2, 0.25) is 5.02 Å². The second-order valence-corrected chi connectivity index (χ2v) is 7.23. The van der Waals surface area contributed by atoms with Gasteiger partial charge in [-0.15, -0.1) is 11.3 Å². The summed E-state index contributed by atoms with van der Waals surface area (Å²) in [6.45, 7) is 2.24. The molecule has 0 unspecified atom stereocenters. The molecule has 1 heterocycles. The molecule has 19 heavy (non-hydrogen) atoms. The third kappa shape index (κ3) is 4.01. The van der Waals surface area contributed by atoms with Crippen molar-refractivity contribution in [1.29, 1.82) is 0 Å². The monoisotopic (exact) mass is 316 g/mol. The van der Waals surface area contributed by atoms with Gasteiger partial charge in [0, 0.05) is 23.4 Å².